The average Bonchev–Trinajstić information content (AvgIpc) is 2.79. The van der Waals surface area contributed by atoms with Gasteiger partial charge in [-0.2, -0.15) is 0 Å². The first kappa shape index (κ1) is 23.4. The van der Waals surface area contributed by atoms with Crippen molar-refractivity contribution in [3.05, 3.63) is 121 Å². The Kier molecular flexibility index (Phi) is 11.9. The smallest absolute Gasteiger partial charge is 0 e. The molecule has 0 aliphatic carbocycles. The fraction of sp³-hybridized carbons (Fsp3) is 0.0417. The van der Waals surface area contributed by atoms with Crippen molar-refractivity contribution in [3.63, 3.8) is 0 Å². The summed E-state index contributed by atoms with van der Waals surface area (Å²) in [4.78, 5) is 3.98. The minimum absolute atomic E-state index is 0. The van der Waals surface area contributed by atoms with Crippen LogP contribution in [0.1, 0.15) is 7.12 Å². The molecule has 3 aromatic carbocycles. The molecule has 1 aromatic heterocycles. The molecule has 1 heterocycles. The van der Waals surface area contributed by atoms with Gasteiger partial charge in [-0.1, -0.05) is 97.1 Å². The third kappa shape index (κ3) is 7.89. The van der Waals surface area contributed by atoms with Crippen LogP contribution in [-0.4, -0.2) is 52.1 Å². The average molecular weight is 432 g/mol. The predicted molar refractivity (Wildman–Crippen MR) is 128 cm³/mol. The van der Waals surface area contributed by atoms with Gasteiger partial charge >= 0.3 is 50.9 Å². The number of nitrogens with zero attached hydrogens (tertiary/aromatic N) is 1. The van der Waals surface area contributed by atoms with Crippen molar-refractivity contribution in [2.24, 2.45) is 0 Å². The van der Waals surface area contributed by atoms with E-state index in [2.05, 4.69) is 96.0 Å². The van der Waals surface area contributed by atoms with E-state index in [0.29, 0.717) is 47.1 Å². The maximum atomic E-state index is 4.83. The van der Waals surface area contributed by atoms with Gasteiger partial charge in [0.05, 0.1) is 0 Å². The predicted octanol–water partition coefficient (Wildman–Crippen LogP) is 5.39. The fourth-order valence-electron chi connectivity index (χ4n) is 2.63. The minimum Gasteiger partial charge on any atom is -0.0622 e. The molecule has 0 bridgehead atoms. The van der Waals surface area contributed by atoms with Gasteiger partial charge in [0.25, 0.3) is 0 Å². The number of aromatic nitrogens is 1. The van der Waals surface area contributed by atoms with Gasteiger partial charge < -0.3 is 0 Å². The van der Waals surface area contributed by atoms with E-state index in [4.69, 9.17) is 3.76 Å². The fourth-order valence-corrected chi connectivity index (χ4v) is 4.93. The van der Waals surface area contributed by atoms with E-state index in [1.165, 1.54) is 15.9 Å². The molecule has 4 heteroatoms. The molecule has 0 fully saturated rings. The van der Waals surface area contributed by atoms with Crippen LogP contribution < -0.4 is 15.9 Å². The summed E-state index contributed by atoms with van der Waals surface area (Å²) in [6, 6.07) is 38.2. The van der Waals surface area contributed by atoms with Crippen molar-refractivity contribution in [2.75, 3.05) is 0 Å². The molecular formula is C24H24ClKNP. The molecule has 0 aliphatic heterocycles. The topological polar surface area (TPSA) is 12.9 Å². The molecule has 1 nitrogen and oxygen atoms in total. The zero-order chi connectivity index (χ0) is 20.0. The summed E-state index contributed by atoms with van der Waals surface area (Å²) in [7, 11) is -0.446. The summed E-state index contributed by atoms with van der Waals surface area (Å²) in [5.74, 6) is 0. The third-order valence-electron chi connectivity index (χ3n) is 3.86. The van der Waals surface area contributed by atoms with Gasteiger partial charge in [0.15, 0.2) is 0 Å². The molecular weight excluding hydrogens is 408 g/mol. The van der Waals surface area contributed by atoms with Crippen LogP contribution in [0.2, 0.25) is 0 Å². The molecule has 0 spiro atoms. The number of rotatable bonds is 3. The van der Waals surface area contributed by atoms with E-state index in [0.717, 1.165) is 5.69 Å². The van der Waals surface area contributed by atoms with Crippen molar-refractivity contribution < 1.29 is 1.43 Å². The normalized spacial score (nSPS) is 9.61. The van der Waals surface area contributed by atoms with E-state index in [1.54, 1.807) is 6.20 Å². The maximum Gasteiger partial charge on any atom is 0 e. The summed E-state index contributed by atoms with van der Waals surface area (Å²) in [5.41, 5.74) is 1.07. The molecule has 138 valence electrons. The zero-order valence-electron chi connectivity index (χ0n) is 16.2. The number of aryl methyl sites for hydroxylation is 1. The Morgan fingerprint density at radius 1 is 0.607 bits per heavy atom. The summed E-state index contributed by atoms with van der Waals surface area (Å²) in [6.45, 7) is 1.97. The van der Waals surface area contributed by atoms with Crippen LogP contribution in [-0.2, 0) is 0 Å². The van der Waals surface area contributed by atoms with Crippen LogP contribution in [0.15, 0.2) is 115 Å². The molecule has 4 rings (SSSR count). The van der Waals surface area contributed by atoms with E-state index >= 15 is 0 Å². The molecule has 4 aromatic rings. The SMILES string of the molecule is Cc1ccccn1.[Cl][K].[HH].c1ccc(P(c2ccccc2)c2ccccc2)cc1. The van der Waals surface area contributed by atoms with E-state index in [-0.39, 0.29) is 1.43 Å². The molecule has 0 aliphatic rings. The molecule has 0 atom stereocenters. The second kappa shape index (κ2) is 14.2. The van der Waals surface area contributed by atoms with Crippen LogP contribution in [0.4, 0.5) is 0 Å². The van der Waals surface area contributed by atoms with Gasteiger partial charge in [0, 0.05) is 13.3 Å². The first-order chi connectivity index (χ1) is 13.8. The Bertz CT molecular complexity index is 803. The summed E-state index contributed by atoms with van der Waals surface area (Å²) in [5, 5.41) is 4.19. The Labute approximate surface area is 206 Å². The minimum atomic E-state index is -0.446. The Hall–Kier alpha value is -0.834. The molecule has 0 unspecified atom stereocenters. The summed E-state index contributed by atoms with van der Waals surface area (Å²) in [6.07, 6.45) is 1.79. The molecule has 0 saturated heterocycles. The number of pyridine rings is 1. The Balaban J connectivity index is 0.000000356. The quantitative estimate of drug-likeness (QED) is 0.313. The number of hydrogen-bond acceptors (Lipinski definition) is 1. The number of halogens is 1. The van der Waals surface area contributed by atoms with Crippen LogP contribution >= 0.6 is 11.7 Å². The standard InChI is InChI=1S/C18H15P.C6H7N.ClH.K.H2/c1-4-10-16(11-5-1)19(17-12-6-2-7-13-17)18-14-8-3-9-15-18;1-6-4-2-3-5-7-6;;;/h1-15H;2-5H,1H3;1H;;1H/q;;;+1;/p-1. The van der Waals surface area contributed by atoms with Gasteiger partial charge in [0.2, 0.25) is 0 Å². The van der Waals surface area contributed by atoms with Crippen molar-refractivity contribution in [1.29, 1.82) is 0 Å². The van der Waals surface area contributed by atoms with Crippen LogP contribution in [0.3, 0.4) is 0 Å². The monoisotopic (exact) mass is 431 g/mol. The summed E-state index contributed by atoms with van der Waals surface area (Å²) >= 11 is 0.535. The molecule has 28 heavy (non-hydrogen) atoms. The molecule has 0 N–H and O–H groups in total. The van der Waals surface area contributed by atoms with Crippen LogP contribution in [0.5, 0.6) is 0 Å². The first-order valence-electron chi connectivity index (χ1n) is 9.05. The van der Waals surface area contributed by atoms with Crippen molar-refractivity contribution in [3.8, 4) is 0 Å². The Morgan fingerprint density at radius 2 is 0.964 bits per heavy atom. The van der Waals surface area contributed by atoms with Crippen LogP contribution in [0.25, 0.3) is 0 Å². The number of benzene rings is 3. The van der Waals surface area contributed by atoms with Crippen LogP contribution in [0, 0.1) is 6.92 Å². The second-order valence-electron chi connectivity index (χ2n) is 5.81. The van der Waals surface area contributed by atoms with Gasteiger partial charge in [-0.15, -0.1) is 0 Å². The van der Waals surface area contributed by atoms with Gasteiger partial charge in [-0.25, -0.2) is 0 Å². The molecule has 0 radical (unpaired) electrons. The summed E-state index contributed by atoms with van der Waals surface area (Å²) < 4.78 is 4.83. The third-order valence-corrected chi connectivity index (χ3v) is 6.30. The van der Waals surface area contributed by atoms with E-state index in [9.17, 15) is 0 Å². The molecule has 0 saturated carbocycles. The molecule has 0 amide bonds. The Morgan fingerprint density at radius 3 is 1.21 bits per heavy atom. The van der Waals surface area contributed by atoms with Gasteiger partial charge in [-0.05, 0) is 42.9 Å². The van der Waals surface area contributed by atoms with Gasteiger partial charge in [0.1, 0.15) is 0 Å². The van der Waals surface area contributed by atoms with Crippen molar-refractivity contribution >= 4 is 74.7 Å². The van der Waals surface area contributed by atoms with E-state index in [1.807, 2.05) is 25.1 Å². The largest absolute Gasteiger partial charge is 0.0622 e. The zero-order valence-corrected chi connectivity index (χ0v) is 21.0. The second-order valence-corrected chi connectivity index (χ2v) is 8.03. The van der Waals surface area contributed by atoms with Crippen molar-refractivity contribution in [2.45, 2.75) is 6.92 Å². The first-order valence-corrected chi connectivity index (χ1v) is 14.7. The van der Waals surface area contributed by atoms with Gasteiger partial charge in [-0.3, -0.25) is 4.98 Å². The maximum absolute atomic E-state index is 4.83. The van der Waals surface area contributed by atoms with E-state index < -0.39 is 7.92 Å². The van der Waals surface area contributed by atoms with Crippen molar-refractivity contribution in [1.82, 2.24) is 4.98 Å². The number of hydrogen-bond donors (Lipinski definition) is 0.